The number of Topliss-reactive ketones (excluding diaryl/α,β-unsaturated/α-hetero) is 1. The van der Waals surface area contributed by atoms with Crippen LogP contribution in [0.1, 0.15) is 28.0 Å². The molecule has 0 saturated heterocycles. The molecule has 14 heavy (non-hydrogen) atoms. The van der Waals surface area contributed by atoms with Crippen molar-refractivity contribution in [1.29, 1.82) is 0 Å². The van der Waals surface area contributed by atoms with Gasteiger partial charge in [0.1, 0.15) is 0 Å². The first-order valence-electron chi connectivity index (χ1n) is 4.68. The summed E-state index contributed by atoms with van der Waals surface area (Å²) in [5.41, 5.74) is 3.37. The zero-order valence-corrected chi connectivity index (χ0v) is 8.37. The van der Waals surface area contributed by atoms with Gasteiger partial charge in [-0.3, -0.25) is 4.79 Å². The molecule has 0 bridgehead atoms. The van der Waals surface area contributed by atoms with Gasteiger partial charge in [-0.1, -0.05) is 0 Å². The van der Waals surface area contributed by atoms with Crippen molar-refractivity contribution in [3.8, 4) is 0 Å². The van der Waals surface area contributed by atoms with Crippen molar-refractivity contribution in [1.82, 2.24) is 4.57 Å². The van der Waals surface area contributed by atoms with Crippen LogP contribution in [0, 0.1) is 6.92 Å². The van der Waals surface area contributed by atoms with Crippen LogP contribution < -0.4 is 0 Å². The Morgan fingerprint density at radius 1 is 1.50 bits per heavy atom. The van der Waals surface area contributed by atoms with Crippen LogP contribution >= 0.6 is 0 Å². The van der Waals surface area contributed by atoms with E-state index in [1.165, 1.54) is 0 Å². The Bertz CT molecular complexity index is 427. The Kier molecular flexibility index (Phi) is 1.95. The van der Waals surface area contributed by atoms with Crippen LogP contribution in [-0.4, -0.2) is 15.5 Å². The van der Waals surface area contributed by atoms with Gasteiger partial charge in [0.05, 0.1) is 6.26 Å². The quantitative estimate of drug-likeness (QED) is 0.502. The second kappa shape index (κ2) is 3.01. The molecule has 0 unspecified atom stereocenters. The predicted molar refractivity (Wildman–Crippen MR) is 53.5 cm³/mol. The minimum Gasteiger partial charge on any atom is -0.515 e. The van der Waals surface area contributed by atoms with E-state index >= 15 is 0 Å². The summed E-state index contributed by atoms with van der Waals surface area (Å²) < 4.78 is 1.96. The fourth-order valence-electron chi connectivity index (χ4n) is 1.97. The fourth-order valence-corrected chi connectivity index (χ4v) is 1.97. The molecular formula is C11H13NO2. The first-order chi connectivity index (χ1) is 6.65. The van der Waals surface area contributed by atoms with Crippen LogP contribution in [0.25, 0.3) is 0 Å². The van der Waals surface area contributed by atoms with Gasteiger partial charge in [-0.25, -0.2) is 0 Å². The van der Waals surface area contributed by atoms with E-state index in [4.69, 9.17) is 5.11 Å². The lowest BCUT2D eigenvalue weighted by Crippen LogP contribution is -2.13. The molecule has 0 fully saturated rings. The molecule has 0 aliphatic heterocycles. The molecule has 0 aromatic carbocycles. The van der Waals surface area contributed by atoms with E-state index in [1.54, 1.807) is 0 Å². The molecule has 1 aromatic heterocycles. The summed E-state index contributed by atoms with van der Waals surface area (Å²) in [6, 6.07) is 0. The average molecular weight is 191 g/mol. The van der Waals surface area contributed by atoms with Gasteiger partial charge in [0, 0.05) is 30.1 Å². The van der Waals surface area contributed by atoms with Crippen LogP contribution in [0.5, 0.6) is 0 Å². The molecule has 1 N–H and O–H groups in total. The number of aryl methyl sites for hydroxylation is 2. The Hall–Kier alpha value is -1.51. The highest BCUT2D eigenvalue weighted by Crippen LogP contribution is 2.28. The van der Waals surface area contributed by atoms with E-state index in [0.717, 1.165) is 29.5 Å². The first kappa shape index (κ1) is 9.06. The maximum atomic E-state index is 11.8. The van der Waals surface area contributed by atoms with Crippen molar-refractivity contribution in [3.63, 3.8) is 0 Å². The van der Waals surface area contributed by atoms with E-state index in [9.17, 15) is 4.79 Å². The molecule has 2 rings (SSSR count). The maximum Gasteiger partial charge on any atom is 0.194 e. The third kappa shape index (κ3) is 1.09. The number of carbonyl (C=O) groups excluding carboxylic acids is 1. The highest BCUT2D eigenvalue weighted by molar-refractivity contribution is 6.11. The topological polar surface area (TPSA) is 42.2 Å². The molecule has 1 aliphatic carbocycles. The van der Waals surface area contributed by atoms with Crippen molar-refractivity contribution in [2.45, 2.75) is 19.8 Å². The highest BCUT2D eigenvalue weighted by Gasteiger charge is 2.25. The average Bonchev–Trinajstić information content (AvgIpc) is 2.44. The molecule has 74 valence electrons. The summed E-state index contributed by atoms with van der Waals surface area (Å²) in [4.78, 5) is 11.8. The zero-order chi connectivity index (χ0) is 10.3. The molecule has 3 nitrogen and oxygen atoms in total. The van der Waals surface area contributed by atoms with E-state index in [2.05, 4.69) is 0 Å². The molecule has 1 aliphatic rings. The second-order valence-corrected chi connectivity index (χ2v) is 3.71. The smallest absolute Gasteiger partial charge is 0.194 e. The van der Waals surface area contributed by atoms with E-state index < -0.39 is 0 Å². The van der Waals surface area contributed by atoms with Gasteiger partial charge >= 0.3 is 0 Å². The lowest BCUT2D eigenvalue weighted by atomic mass is 9.89. The van der Waals surface area contributed by atoms with Gasteiger partial charge in [-0.2, -0.15) is 0 Å². The zero-order valence-electron chi connectivity index (χ0n) is 8.37. The van der Waals surface area contributed by atoms with Crippen molar-refractivity contribution in [3.05, 3.63) is 34.9 Å². The lowest BCUT2D eigenvalue weighted by molar-refractivity contribution is 0.102. The molecule has 0 spiro atoms. The number of rotatable bonds is 0. The summed E-state index contributed by atoms with van der Waals surface area (Å²) >= 11 is 0. The summed E-state index contributed by atoms with van der Waals surface area (Å²) in [7, 11) is 1.93. The van der Waals surface area contributed by atoms with Crippen molar-refractivity contribution >= 4 is 5.78 Å². The third-order valence-corrected chi connectivity index (χ3v) is 2.90. The Balaban J connectivity index is 2.59. The largest absolute Gasteiger partial charge is 0.515 e. The predicted octanol–water partition coefficient (Wildman–Crippen LogP) is 1.90. The Morgan fingerprint density at radius 2 is 2.21 bits per heavy atom. The lowest BCUT2D eigenvalue weighted by Gasteiger charge is -2.13. The van der Waals surface area contributed by atoms with Crippen LogP contribution in [0.4, 0.5) is 0 Å². The molecular weight excluding hydrogens is 178 g/mol. The summed E-state index contributed by atoms with van der Waals surface area (Å²) in [6.07, 6.45) is 4.43. The van der Waals surface area contributed by atoms with Gasteiger partial charge in [0.15, 0.2) is 5.78 Å². The van der Waals surface area contributed by atoms with Crippen molar-refractivity contribution < 1.29 is 9.90 Å². The fraction of sp³-hybridized carbons (Fsp3) is 0.364. The van der Waals surface area contributed by atoms with Gasteiger partial charge in [-0.15, -0.1) is 0 Å². The maximum absolute atomic E-state index is 11.8. The number of allylic oxidation sites excluding steroid dienone is 1. The summed E-state index contributed by atoms with van der Waals surface area (Å²) in [6.45, 7) is 1.93. The minimum atomic E-state index is -0.0214. The Labute approximate surface area is 82.7 Å². The van der Waals surface area contributed by atoms with Crippen molar-refractivity contribution in [2.24, 2.45) is 7.05 Å². The second-order valence-electron chi connectivity index (χ2n) is 3.71. The monoisotopic (exact) mass is 191 g/mol. The molecule has 0 saturated carbocycles. The summed E-state index contributed by atoms with van der Waals surface area (Å²) in [5, 5.41) is 8.90. The van der Waals surface area contributed by atoms with E-state index in [1.807, 2.05) is 24.7 Å². The van der Waals surface area contributed by atoms with Gasteiger partial charge < -0.3 is 9.67 Å². The highest BCUT2D eigenvalue weighted by atomic mass is 16.2. The Morgan fingerprint density at radius 3 is 2.86 bits per heavy atom. The number of aliphatic hydroxyl groups excluding tert-OH is 1. The van der Waals surface area contributed by atoms with Gasteiger partial charge in [-0.05, 0) is 25.3 Å². The van der Waals surface area contributed by atoms with E-state index in [0.29, 0.717) is 12.0 Å². The van der Waals surface area contributed by atoms with Gasteiger partial charge in [0.25, 0.3) is 0 Å². The number of hydrogen-bond acceptors (Lipinski definition) is 2. The molecule has 1 aromatic rings. The number of ketones is 1. The number of carbonyl (C=O) groups is 1. The number of hydrogen-bond donors (Lipinski definition) is 1. The van der Waals surface area contributed by atoms with Crippen LogP contribution in [-0.2, 0) is 13.5 Å². The van der Waals surface area contributed by atoms with Crippen LogP contribution in [0.2, 0.25) is 0 Å². The van der Waals surface area contributed by atoms with Crippen LogP contribution in [0.15, 0.2) is 18.0 Å². The summed E-state index contributed by atoms with van der Waals surface area (Å²) in [5.74, 6) is -0.0214. The molecule has 0 radical (unpaired) electrons. The number of fused-ring (bicyclic) bond motifs is 1. The minimum absolute atomic E-state index is 0.0214. The number of aromatic nitrogens is 1. The SMILES string of the molecule is Cc1c2c(cn1C)CC/C(=C\O)C2=O. The standard InChI is InChI=1S/C11H13NO2/c1-7-10-8(5-12(7)2)3-4-9(6-13)11(10)14/h5-6,13H,3-4H2,1-2H3/b9-6+. The first-order valence-corrected chi connectivity index (χ1v) is 4.68. The molecule has 0 amide bonds. The van der Waals surface area contributed by atoms with E-state index in [-0.39, 0.29) is 5.78 Å². The normalized spacial score (nSPS) is 18.7. The molecule has 0 atom stereocenters. The third-order valence-electron chi connectivity index (χ3n) is 2.90. The number of aliphatic hydroxyl groups is 1. The number of nitrogens with zero attached hydrogens (tertiary/aromatic N) is 1. The molecule has 3 heteroatoms. The van der Waals surface area contributed by atoms with Crippen molar-refractivity contribution in [2.75, 3.05) is 0 Å². The van der Waals surface area contributed by atoms with Crippen LogP contribution in [0.3, 0.4) is 0 Å². The molecule has 1 heterocycles. The van der Waals surface area contributed by atoms with Gasteiger partial charge in [0.2, 0.25) is 0 Å².